The van der Waals surface area contributed by atoms with Gasteiger partial charge in [-0.2, -0.15) is 4.98 Å². The van der Waals surface area contributed by atoms with Gasteiger partial charge in [0.1, 0.15) is 17.3 Å². The number of rotatable bonds is 7. The van der Waals surface area contributed by atoms with Crippen molar-refractivity contribution in [3.05, 3.63) is 78.2 Å². The van der Waals surface area contributed by atoms with Gasteiger partial charge in [-0.15, -0.1) is 0 Å². The van der Waals surface area contributed by atoms with Crippen molar-refractivity contribution in [3.63, 3.8) is 0 Å². The average Bonchev–Trinajstić information content (AvgIpc) is 2.86. The fraction of sp³-hybridized carbons (Fsp3) is 0.269. The van der Waals surface area contributed by atoms with Crippen LogP contribution in [0, 0.1) is 6.92 Å². The van der Waals surface area contributed by atoms with Gasteiger partial charge in [0, 0.05) is 56.5 Å². The number of piperazine rings is 1. The quantitative estimate of drug-likeness (QED) is 0.420. The van der Waals surface area contributed by atoms with Crippen LogP contribution in [0.15, 0.2) is 67.0 Å². The van der Waals surface area contributed by atoms with Crippen LogP contribution in [-0.4, -0.2) is 67.9 Å². The van der Waals surface area contributed by atoms with E-state index in [1.165, 1.54) is 5.56 Å². The molecule has 35 heavy (non-hydrogen) atoms. The zero-order chi connectivity index (χ0) is 24.0. The van der Waals surface area contributed by atoms with Crippen LogP contribution >= 0.6 is 0 Å². The number of aryl methyl sites for hydroxylation is 1. The highest BCUT2D eigenvalue weighted by atomic mass is 15.2. The van der Waals surface area contributed by atoms with Crippen LogP contribution in [0.1, 0.15) is 11.3 Å². The predicted molar refractivity (Wildman–Crippen MR) is 138 cm³/mol. The number of anilines is 4. The van der Waals surface area contributed by atoms with Gasteiger partial charge in [-0.25, -0.2) is 19.9 Å². The number of benzene rings is 1. The maximum atomic E-state index is 4.61. The molecule has 1 aliphatic rings. The van der Waals surface area contributed by atoms with Gasteiger partial charge in [0.05, 0.1) is 0 Å². The third kappa shape index (κ3) is 6.14. The molecule has 9 nitrogen and oxygen atoms in total. The van der Waals surface area contributed by atoms with E-state index in [1.54, 1.807) is 18.5 Å². The first-order valence-electron chi connectivity index (χ1n) is 11.7. The lowest BCUT2D eigenvalue weighted by Crippen LogP contribution is -2.43. The molecular weight excluding hydrogens is 438 g/mol. The summed E-state index contributed by atoms with van der Waals surface area (Å²) in [5, 5.41) is 6.57. The molecule has 1 aliphatic heterocycles. The van der Waals surface area contributed by atoms with E-state index in [1.807, 2.05) is 37.3 Å². The van der Waals surface area contributed by atoms with E-state index in [4.69, 9.17) is 0 Å². The van der Waals surface area contributed by atoms with Crippen LogP contribution in [0.4, 0.5) is 23.3 Å². The van der Waals surface area contributed by atoms with E-state index >= 15 is 0 Å². The Morgan fingerprint density at radius 3 is 2.40 bits per heavy atom. The number of pyridine rings is 1. The molecule has 0 aliphatic carbocycles. The molecule has 5 rings (SSSR count). The van der Waals surface area contributed by atoms with E-state index < -0.39 is 0 Å². The highest BCUT2D eigenvalue weighted by Gasteiger charge is 2.14. The van der Waals surface area contributed by atoms with Crippen molar-refractivity contribution in [2.45, 2.75) is 13.5 Å². The number of hydrogen-bond acceptors (Lipinski definition) is 9. The van der Waals surface area contributed by atoms with E-state index in [2.05, 4.69) is 70.6 Å². The summed E-state index contributed by atoms with van der Waals surface area (Å²) in [6.45, 7) is 7.30. The summed E-state index contributed by atoms with van der Waals surface area (Å²) in [5.74, 6) is 2.35. The fourth-order valence-corrected chi connectivity index (χ4v) is 3.98. The Labute approximate surface area is 205 Å². The highest BCUT2D eigenvalue weighted by Crippen LogP contribution is 2.20. The first kappa shape index (κ1) is 22.8. The van der Waals surface area contributed by atoms with E-state index in [-0.39, 0.29) is 0 Å². The maximum Gasteiger partial charge on any atom is 0.229 e. The Morgan fingerprint density at radius 1 is 0.800 bits per heavy atom. The Morgan fingerprint density at radius 2 is 1.57 bits per heavy atom. The Hall–Kier alpha value is -3.95. The third-order valence-electron chi connectivity index (χ3n) is 5.87. The normalized spacial score (nSPS) is 14.6. The van der Waals surface area contributed by atoms with Crippen molar-refractivity contribution in [1.29, 1.82) is 0 Å². The van der Waals surface area contributed by atoms with Gasteiger partial charge >= 0.3 is 0 Å². The summed E-state index contributed by atoms with van der Waals surface area (Å²) >= 11 is 0. The minimum absolute atomic E-state index is 0.515. The molecule has 0 spiro atoms. The molecule has 0 radical (unpaired) electrons. The Balaban J connectivity index is 1.26. The third-order valence-corrected chi connectivity index (χ3v) is 5.87. The predicted octanol–water partition coefficient (Wildman–Crippen LogP) is 3.87. The van der Waals surface area contributed by atoms with Crippen LogP contribution in [-0.2, 0) is 6.54 Å². The molecule has 178 valence electrons. The SMILES string of the molecule is Cc1cccc(-c2nccc(Nc3ccnc(Nc4cccc(CN5CCN(C)CC5)c4)n3)n2)n1. The number of hydrogen-bond donors (Lipinski definition) is 2. The summed E-state index contributed by atoms with van der Waals surface area (Å²) in [7, 11) is 2.18. The summed E-state index contributed by atoms with van der Waals surface area (Å²) in [5.41, 5.74) is 3.88. The molecule has 0 atom stereocenters. The molecule has 1 aromatic carbocycles. The second-order valence-electron chi connectivity index (χ2n) is 8.72. The fourth-order valence-electron chi connectivity index (χ4n) is 3.98. The van der Waals surface area contributed by atoms with Crippen LogP contribution in [0.2, 0.25) is 0 Å². The van der Waals surface area contributed by atoms with E-state index in [9.17, 15) is 0 Å². The van der Waals surface area contributed by atoms with E-state index in [0.717, 1.165) is 49.8 Å². The lowest BCUT2D eigenvalue weighted by Gasteiger charge is -2.32. The van der Waals surface area contributed by atoms with Crippen LogP contribution in [0.25, 0.3) is 11.5 Å². The molecule has 0 bridgehead atoms. The van der Waals surface area contributed by atoms with Crippen LogP contribution in [0.5, 0.6) is 0 Å². The lowest BCUT2D eigenvalue weighted by atomic mass is 10.1. The van der Waals surface area contributed by atoms with Crippen molar-refractivity contribution in [3.8, 4) is 11.5 Å². The van der Waals surface area contributed by atoms with Crippen LogP contribution < -0.4 is 10.6 Å². The average molecular weight is 468 g/mol. The van der Waals surface area contributed by atoms with Crippen molar-refractivity contribution in [2.75, 3.05) is 43.9 Å². The van der Waals surface area contributed by atoms with Gasteiger partial charge < -0.3 is 15.5 Å². The van der Waals surface area contributed by atoms with Crippen molar-refractivity contribution in [2.24, 2.45) is 0 Å². The molecule has 0 unspecified atom stereocenters. The Kier molecular flexibility index (Phi) is 6.87. The van der Waals surface area contributed by atoms with Crippen molar-refractivity contribution >= 4 is 23.3 Å². The molecule has 1 saturated heterocycles. The molecule has 1 fully saturated rings. The molecular formula is C26H29N9. The summed E-state index contributed by atoms with van der Waals surface area (Å²) < 4.78 is 0. The number of nitrogens with zero attached hydrogens (tertiary/aromatic N) is 7. The number of likely N-dealkylation sites (N-methyl/N-ethyl adjacent to an activating group) is 1. The van der Waals surface area contributed by atoms with Crippen molar-refractivity contribution < 1.29 is 0 Å². The zero-order valence-corrected chi connectivity index (χ0v) is 20.0. The topological polar surface area (TPSA) is 95.0 Å². The largest absolute Gasteiger partial charge is 0.325 e. The Bertz CT molecular complexity index is 1290. The molecule has 2 N–H and O–H groups in total. The second kappa shape index (κ2) is 10.5. The minimum Gasteiger partial charge on any atom is -0.325 e. The lowest BCUT2D eigenvalue weighted by molar-refractivity contribution is 0.148. The molecule has 0 amide bonds. The molecule has 3 aromatic heterocycles. The number of aromatic nitrogens is 5. The summed E-state index contributed by atoms with van der Waals surface area (Å²) in [6, 6.07) is 17.8. The summed E-state index contributed by atoms with van der Waals surface area (Å²) in [6.07, 6.45) is 3.43. The number of nitrogens with one attached hydrogen (secondary N) is 2. The van der Waals surface area contributed by atoms with Gasteiger partial charge in [0.2, 0.25) is 5.95 Å². The molecule has 4 heterocycles. The van der Waals surface area contributed by atoms with Gasteiger partial charge in [0.25, 0.3) is 0 Å². The van der Waals surface area contributed by atoms with Crippen molar-refractivity contribution in [1.82, 2.24) is 34.7 Å². The smallest absolute Gasteiger partial charge is 0.229 e. The van der Waals surface area contributed by atoms with Gasteiger partial charge in [-0.05, 0) is 55.9 Å². The highest BCUT2D eigenvalue weighted by molar-refractivity contribution is 5.59. The van der Waals surface area contributed by atoms with Gasteiger partial charge in [-0.3, -0.25) is 4.90 Å². The first-order chi connectivity index (χ1) is 17.1. The van der Waals surface area contributed by atoms with E-state index in [0.29, 0.717) is 23.4 Å². The van der Waals surface area contributed by atoms with Crippen LogP contribution in [0.3, 0.4) is 0 Å². The summed E-state index contributed by atoms with van der Waals surface area (Å²) in [4.78, 5) is 27.3. The first-order valence-corrected chi connectivity index (χ1v) is 11.7. The second-order valence-corrected chi connectivity index (χ2v) is 8.72. The molecule has 0 saturated carbocycles. The standard InChI is InChI=1S/C26H29N9/c1-19-5-3-8-22(29-19)25-27-11-9-23(32-25)31-24-10-12-28-26(33-24)30-21-7-4-6-20(17-21)18-35-15-13-34(2)14-16-35/h3-12,17H,13-16,18H2,1-2H3,(H2,27,28,30,31,32,33). The molecule has 4 aromatic rings. The van der Waals surface area contributed by atoms with Gasteiger partial charge in [-0.1, -0.05) is 18.2 Å². The monoisotopic (exact) mass is 467 g/mol. The minimum atomic E-state index is 0.515. The zero-order valence-electron chi connectivity index (χ0n) is 20.0. The molecule has 9 heteroatoms. The maximum absolute atomic E-state index is 4.61. The van der Waals surface area contributed by atoms with Gasteiger partial charge in [0.15, 0.2) is 5.82 Å².